The topological polar surface area (TPSA) is 12.0 Å². The van der Waals surface area contributed by atoms with Gasteiger partial charge in [0.05, 0.1) is 0 Å². The van der Waals surface area contributed by atoms with Gasteiger partial charge in [-0.3, -0.25) is 0 Å². The zero-order valence-electron chi connectivity index (χ0n) is 10.5. The zero-order chi connectivity index (χ0) is 12.8. The van der Waals surface area contributed by atoms with E-state index in [0.29, 0.717) is 4.90 Å². The van der Waals surface area contributed by atoms with Crippen LogP contribution in [0.2, 0.25) is 0 Å². The lowest BCUT2D eigenvalue weighted by Crippen LogP contribution is -2.34. The molecule has 2 unspecified atom stereocenters. The van der Waals surface area contributed by atoms with Gasteiger partial charge in [0.2, 0.25) is 0 Å². The Hall–Kier alpha value is -0.610. The molecule has 1 N–H and O–H groups in total. The van der Waals surface area contributed by atoms with E-state index in [-0.39, 0.29) is 17.1 Å². The maximum atomic E-state index is 13.4. The second kappa shape index (κ2) is 6.97. The first-order valence-electron chi connectivity index (χ1n) is 5.89. The summed E-state index contributed by atoms with van der Waals surface area (Å²) in [6.45, 7) is 7.12. The first-order valence-corrected chi connectivity index (χ1v) is 6.77. The number of hydrogen-bond donors (Lipinski definition) is 1. The van der Waals surface area contributed by atoms with Crippen LogP contribution in [-0.2, 0) is 0 Å². The van der Waals surface area contributed by atoms with Crippen LogP contribution in [0.3, 0.4) is 0 Å². The zero-order valence-corrected chi connectivity index (χ0v) is 11.3. The van der Waals surface area contributed by atoms with Gasteiger partial charge in [0.15, 0.2) is 0 Å². The van der Waals surface area contributed by atoms with Crippen LogP contribution in [0.5, 0.6) is 0 Å². The van der Waals surface area contributed by atoms with Crippen molar-refractivity contribution >= 4 is 11.8 Å². The lowest BCUT2D eigenvalue weighted by Gasteiger charge is -2.20. The highest BCUT2D eigenvalue weighted by atomic mass is 32.2. The van der Waals surface area contributed by atoms with Crippen molar-refractivity contribution in [1.82, 2.24) is 5.32 Å². The number of nitrogens with one attached hydrogen (secondary N) is 1. The monoisotopic (exact) mass is 259 g/mol. The fourth-order valence-corrected chi connectivity index (χ4v) is 2.47. The Labute approximate surface area is 106 Å². The summed E-state index contributed by atoms with van der Waals surface area (Å²) in [5.41, 5.74) is 0. The molecule has 0 bridgehead atoms. The van der Waals surface area contributed by atoms with Crippen LogP contribution in [0.15, 0.2) is 23.1 Å². The highest BCUT2D eigenvalue weighted by molar-refractivity contribution is 8.00. The van der Waals surface area contributed by atoms with Crippen LogP contribution in [0, 0.1) is 11.6 Å². The van der Waals surface area contributed by atoms with E-state index in [9.17, 15) is 8.78 Å². The maximum absolute atomic E-state index is 13.4. The molecule has 17 heavy (non-hydrogen) atoms. The third-order valence-electron chi connectivity index (χ3n) is 2.63. The molecule has 0 heterocycles. The second-order valence-electron chi connectivity index (χ2n) is 4.14. The van der Waals surface area contributed by atoms with Gasteiger partial charge in [0, 0.05) is 16.2 Å². The molecule has 0 aliphatic carbocycles. The summed E-state index contributed by atoms with van der Waals surface area (Å²) in [6, 6.07) is 3.84. The van der Waals surface area contributed by atoms with Crippen molar-refractivity contribution in [2.45, 2.75) is 43.4 Å². The standard InChI is InChI=1S/C13H19F2NS/c1-4-7-16-9(2)10(3)17-13-8-11(14)5-6-12(13)15/h5-6,8-10,16H,4,7H2,1-3H3. The summed E-state index contributed by atoms with van der Waals surface area (Å²) in [5, 5.41) is 3.54. The van der Waals surface area contributed by atoms with Gasteiger partial charge in [-0.15, -0.1) is 11.8 Å². The predicted octanol–water partition coefficient (Wildman–Crippen LogP) is 3.83. The Morgan fingerprint density at radius 3 is 2.65 bits per heavy atom. The van der Waals surface area contributed by atoms with Crippen LogP contribution in [0.4, 0.5) is 8.78 Å². The van der Waals surface area contributed by atoms with E-state index in [1.54, 1.807) is 0 Å². The summed E-state index contributed by atoms with van der Waals surface area (Å²) < 4.78 is 26.4. The molecule has 0 fully saturated rings. The number of thioether (sulfide) groups is 1. The number of benzene rings is 1. The Morgan fingerprint density at radius 2 is 2.00 bits per heavy atom. The van der Waals surface area contributed by atoms with Crippen molar-refractivity contribution < 1.29 is 8.78 Å². The number of rotatable bonds is 6. The van der Waals surface area contributed by atoms with Crippen molar-refractivity contribution in [2.75, 3.05) is 6.54 Å². The third kappa shape index (κ3) is 4.64. The van der Waals surface area contributed by atoms with Crippen LogP contribution < -0.4 is 5.32 Å². The first-order chi connectivity index (χ1) is 8.04. The highest BCUT2D eigenvalue weighted by Gasteiger charge is 2.15. The molecule has 1 aromatic carbocycles. The van der Waals surface area contributed by atoms with Crippen LogP contribution in [0.1, 0.15) is 27.2 Å². The molecule has 1 nitrogen and oxygen atoms in total. The fourth-order valence-electron chi connectivity index (χ4n) is 1.41. The molecule has 1 rings (SSSR count). The van der Waals surface area contributed by atoms with Crippen molar-refractivity contribution in [3.63, 3.8) is 0 Å². The molecule has 0 saturated carbocycles. The van der Waals surface area contributed by atoms with Gasteiger partial charge in [-0.25, -0.2) is 8.78 Å². The van der Waals surface area contributed by atoms with Crippen molar-refractivity contribution in [3.05, 3.63) is 29.8 Å². The maximum Gasteiger partial charge on any atom is 0.136 e. The van der Waals surface area contributed by atoms with Crippen LogP contribution in [-0.4, -0.2) is 17.8 Å². The third-order valence-corrected chi connectivity index (χ3v) is 3.97. The summed E-state index contributed by atoms with van der Waals surface area (Å²) >= 11 is 1.37. The average molecular weight is 259 g/mol. The number of hydrogen-bond acceptors (Lipinski definition) is 2. The Balaban J connectivity index is 2.60. The van der Waals surface area contributed by atoms with Crippen LogP contribution >= 0.6 is 11.8 Å². The fraction of sp³-hybridized carbons (Fsp3) is 0.538. The molecule has 0 saturated heterocycles. The van der Waals surface area contributed by atoms with E-state index in [1.807, 2.05) is 6.92 Å². The molecular weight excluding hydrogens is 240 g/mol. The summed E-state index contributed by atoms with van der Waals surface area (Å²) in [5.74, 6) is -0.749. The summed E-state index contributed by atoms with van der Waals surface area (Å²) in [7, 11) is 0. The van der Waals surface area contributed by atoms with Gasteiger partial charge in [-0.1, -0.05) is 13.8 Å². The van der Waals surface area contributed by atoms with E-state index in [1.165, 1.54) is 23.9 Å². The summed E-state index contributed by atoms with van der Waals surface area (Å²) in [6.07, 6.45) is 1.07. The Bertz CT molecular complexity index is 357. The van der Waals surface area contributed by atoms with E-state index >= 15 is 0 Å². The van der Waals surface area contributed by atoms with E-state index in [4.69, 9.17) is 0 Å². The quantitative estimate of drug-likeness (QED) is 0.779. The molecule has 1 aromatic rings. The Kier molecular flexibility index (Phi) is 5.92. The molecule has 0 aliphatic heterocycles. The lowest BCUT2D eigenvalue weighted by molar-refractivity contribution is 0.539. The normalized spacial score (nSPS) is 14.6. The largest absolute Gasteiger partial charge is 0.313 e. The van der Waals surface area contributed by atoms with Gasteiger partial charge in [0.1, 0.15) is 11.6 Å². The van der Waals surface area contributed by atoms with Crippen molar-refractivity contribution in [2.24, 2.45) is 0 Å². The second-order valence-corrected chi connectivity index (χ2v) is 5.56. The predicted molar refractivity (Wildman–Crippen MR) is 69.4 cm³/mol. The van der Waals surface area contributed by atoms with Crippen LogP contribution in [0.25, 0.3) is 0 Å². The lowest BCUT2D eigenvalue weighted by atomic mass is 10.2. The molecule has 0 aliphatic rings. The minimum Gasteiger partial charge on any atom is -0.313 e. The first kappa shape index (κ1) is 14.5. The van der Waals surface area contributed by atoms with Gasteiger partial charge < -0.3 is 5.32 Å². The molecule has 0 amide bonds. The van der Waals surface area contributed by atoms with Gasteiger partial charge >= 0.3 is 0 Å². The van der Waals surface area contributed by atoms with Gasteiger partial charge in [-0.2, -0.15) is 0 Å². The van der Waals surface area contributed by atoms with E-state index < -0.39 is 5.82 Å². The van der Waals surface area contributed by atoms with Gasteiger partial charge in [-0.05, 0) is 38.1 Å². The smallest absolute Gasteiger partial charge is 0.136 e. The van der Waals surface area contributed by atoms with E-state index in [2.05, 4.69) is 19.2 Å². The minimum atomic E-state index is -0.393. The Morgan fingerprint density at radius 1 is 1.29 bits per heavy atom. The molecule has 4 heteroatoms. The molecule has 96 valence electrons. The molecular formula is C13H19F2NS. The highest BCUT2D eigenvalue weighted by Crippen LogP contribution is 2.28. The van der Waals surface area contributed by atoms with E-state index in [0.717, 1.165) is 19.0 Å². The van der Waals surface area contributed by atoms with Crippen molar-refractivity contribution in [1.29, 1.82) is 0 Å². The molecule has 0 spiro atoms. The van der Waals surface area contributed by atoms with Crippen molar-refractivity contribution in [3.8, 4) is 0 Å². The van der Waals surface area contributed by atoms with Gasteiger partial charge in [0.25, 0.3) is 0 Å². The molecule has 0 aromatic heterocycles. The minimum absolute atomic E-state index is 0.192. The number of halogens is 2. The summed E-state index contributed by atoms with van der Waals surface area (Å²) in [4.78, 5) is 0.377. The molecule has 2 atom stereocenters. The SMILES string of the molecule is CCCNC(C)C(C)Sc1cc(F)ccc1F. The molecule has 0 radical (unpaired) electrons. The average Bonchev–Trinajstić information content (AvgIpc) is 2.30.